The van der Waals surface area contributed by atoms with E-state index in [4.69, 9.17) is 0 Å². The highest BCUT2D eigenvalue weighted by atomic mass is 16.1. The average Bonchev–Trinajstić information content (AvgIpc) is 2.28. The molecule has 0 aromatic heterocycles. The zero-order valence-corrected chi connectivity index (χ0v) is 9.53. The number of hydrogen-bond donors (Lipinski definition) is 0. The van der Waals surface area contributed by atoms with Gasteiger partial charge in [-0.25, -0.2) is 0 Å². The van der Waals surface area contributed by atoms with E-state index < -0.39 is 0 Å². The van der Waals surface area contributed by atoms with Crippen LogP contribution in [0.15, 0.2) is 53.6 Å². The van der Waals surface area contributed by atoms with Crippen molar-refractivity contribution in [3.8, 4) is 0 Å². The van der Waals surface area contributed by atoms with Crippen molar-refractivity contribution in [3.05, 3.63) is 64.8 Å². The standard InChI is InChI=1S/C15H14O/c1-11(2)7-8-13-10-9-12-5-3-4-6-14(12)15(13)16/h3-10H,1-2H3. The van der Waals surface area contributed by atoms with Crippen LogP contribution < -0.4 is 0 Å². The summed E-state index contributed by atoms with van der Waals surface area (Å²) in [6.45, 7) is 4.03. The van der Waals surface area contributed by atoms with E-state index in [2.05, 4.69) is 0 Å². The van der Waals surface area contributed by atoms with E-state index in [1.165, 1.54) is 5.57 Å². The number of benzene rings is 1. The first-order valence-electron chi connectivity index (χ1n) is 5.35. The summed E-state index contributed by atoms with van der Waals surface area (Å²) in [7, 11) is 0. The van der Waals surface area contributed by atoms with E-state index in [0.29, 0.717) is 0 Å². The predicted octanol–water partition coefficient (Wildman–Crippen LogP) is 3.79. The first kappa shape index (κ1) is 10.6. The van der Waals surface area contributed by atoms with Gasteiger partial charge in [0.25, 0.3) is 0 Å². The molecule has 1 aromatic rings. The largest absolute Gasteiger partial charge is 0.289 e. The van der Waals surface area contributed by atoms with E-state index >= 15 is 0 Å². The SMILES string of the molecule is CC(C)=CC=C1C=Cc2ccccc2C1=O. The minimum Gasteiger partial charge on any atom is -0.289 e. The van der Waals surface area contributed by atoms with Crippen molar-refractivity contribution in [2.75, 3.05) is 0 Å². The fourth-order valence-electron chi connectivity index (χ4n) is 1.65. The zero-order valence-electron chi connectivity index (χ0n) is 9.53. The summed E-state index contributed by atoms with van der Waals surface area (Å²) in [5.41, 5.74) is 3.73. The molecule has 16 heavy (non-hydrogen) atoms. The van der Waals surface area contributed by atoms with Crippen LogP contribution in [-0.2, 0) is 0 Å². The number of fused-ring (bicyclic) bond motifs is 1. The summed E-state index contributed by atoms with van der Waals surface area (Å²) < 4.78 is 0. The normalized spacial score (nSPS) is 16.1. The lowest BCUT2D eigenvalue weighted by Crippen LogP contribution is -2.07. The predicted molar refractivity (Wildman–Crippen MR) is 67.3 cm³/mol. The Bertz CT molecular complexity index is 512. The highest BCUT2D eigenvalue weighted by Crippen LogP contribution is 2.22. The molecule has 0 N–H and O–H groups in total. The lowest BCUT2D eigenvalue weighted by atomic mass is 9.92. The maximum atomic E-state index is 12.1. The number of carbonyl (C=O) groups is 1. The van der Waals surface area contributed by atoms with Crippen LogP contribution in [0.25, 0.3) is 6.08 Å². The molecule has 0 bridgehead atoms. The summed E-state index contributed by atoms with van der Waals surface area (Å²) in [6.07, 6.45) is 7.71. The Labute approximate surface area is 95.8 Å². The molecule has 1 heteroatoms. The molecule has 1 aromatic carbocycles. The maximum Gasteiger partial charge on any atom is 0.193 e. The number of hydrogen-bond acceptors (Lipinski definition) is 1. The van der Waals surface area contributed by atoms with Crippen molar-refractivity contribution in [2.24, 2.45) is 0 Å². The highest BCUT2D eigenvalue weighted by molar-refractivity contribution is 6.15. The Kier molecular flexibility index (Phi) is 2.86. The van der Waals surface area contributed by atoms with Gasteiger partial charge in [0.2, 0.25) is 0 Å². The third kappa shape index (κ3) is 2.03. The number of carbonyl (C=O) groups excluding carboxylic acids is 1. The molecular formula is C15H14O. The van der Waals surface area contributed by atoms with E-state index in [-0.39, 0.29) is 5.78 Å². The second-order valence-corrected chi connectivity index (χ2v) is 4.12. The summed E-state index contributed by atoms with van der Waals surface area (Å²) in [6, 6.07) is 7.68. The van der Waals surface area contributed by atoms with Crippen LogP contribution in [-0.4, -0.2) is 5.78 Å². The van der Waals surface area contributed by atoms with E-state index in [1.807, 2.05) is 62.4 Å². The quantitative estimate of drug-likeness (QED) is 0.644. The average molecular weight is 210 g/mol. The topological polar surface area (TPSA) is 17.1 Å². The van der Waals surface area contributed by atoms with E-state index in [0.717, 1.165) is 16.7 Å². The molecule has 0 spiro atoms. The summed E-state index contributed by atoms with van der Waals surface area (Å²) in [5, 5.41) is 0. The van der Waals surface area contributed by atoms with Crippen molar-refractivity contribution in [2.45, 2.75) is 13.8 Å². The molecule has 0 saturated heterocycles. The number of ketones is 1. The zero-order chi connectivity index (χ0) is 11.5. The first-order valence-corrected chi connectivity index (χ1v) is 5.35. The number of allylic oxidation sites excluding steroid dienone is 5. The molecule has 0 atom stereocenters. The van der Waals surface area contributed by atoms with Gasteiger partial charge in [0.15, 0.2) is 5.78 Å². The lowest BCUT2D eigenvalue weighted by Gasteiger charge is -2.10. The van der Waals surface area contributed by atoms with Crippen LogP contribution in [0.2, 0.25) is 0 Å². The van der Waals surface area contributed by atoms with Gasteiger partial charge in [-0.15, -0.1) is 0 Å². The second-order valence-electron chi connectivity index (χ2n) is 4.12. The first-order chi connectivity index (χ1) is 7.68. The van der Waals surface area contributed by atoms with Gasteiger partial charge in [0, 0.05) is 11.1 Å². The fourth-order valence-corrected chi connectivity index (χ4v) is 1.65. The van der Waals surface area contributed by atoms with Gasteiger partial charge in [0.1, 0.15) is 0 Å². The Morgan fingerprint density at radius 1 is 1.12 bits per heavy atom. The molecule has 80 valence electrons. The molecule has 0 saturated carbocycles. The van der Waals surface area contributed by atoms with Gasteiger partial charge in [-0.3, -0.25) is 4.79 Å². The van der Waals surface area contributed by atoms with Crippen molar-refractivity contribution in [3.63, 3.8) is 0 Å². The third-order valence-corrected chi connectivity index (χ3v) is 2.51. The molecule has 1 nitrogen and oxygen atoms in total. The Morgan fingerprint density at radius 2 is 1.88 bits per heavy atom. The fraction of sp³-hybridized carbons (Fsp3) is 0.133. The molecule has 1 aliphatic carbocycles. The Balaban J connectivity index is 2.42. The monoisotopic (exact) mass is 210 g/mol. The summed E-state index contributed by atoms with van der Waals surface area (Å²) >= 11 is 0. The molecular weight excluding hydrogens is 196 g/mol. The van der Waals surface area contributed by atoms with Crippen LogP contribution in [0, 0.1) is 0 Å². The molecule has 0 aliphatic heterocycles. The Morgan fingerprint density at radius 3 is 2.62 bits per heavy atom. The van der Waals surface area contributed by atoms with Gasteiger partial charge >= 0.3 is 0 Å². The molecule has 0 fully saturated rings. The lowest BCUT2D eigenvalue weighted by molar-refractivity contribution is 0.103. The summed E-state index contributed by atoms with van der Waals surface area (Å²) in [4.78, 5) is 12.1. The molecule has 1 aliphatic rings. The molecule has 2 rings (SSSR count). The van der Waals surface area contributed by atoms with Crippen LogP contribution in [0.1, 0.15) is 29.8 Å². The van der Waals surface area contributed by atoms with Gasteiger partial charge in [-0.05, 0) is 19.4 Å². The van der Waals surface area contributed by atoms with E-state index in [9.17, 15) is 4.79 Å². The maximum absolute atomic E-state index is 12.1. The van der Waals surface area contributed by atoms with Gasteiger partial charge < -0.3 is 0 Å². The van der Waals surface area contributed by atoms with Crippen molar-refractivity contribution in [1.29, 1.82) is 0 Å². The third-order valence-electron chi connectivity index (χ3n) is 2.51. The second kappa shape index (κ2) is 4.31. The summed E-state index contributed by atoms with van der Waals surface area (Å²) in [5.74, 6) is 0.107. The highest BCUT2D eigenvalue weighted by Gasteiger charge is 2.15. The minimum absolute atomic E-state index is 0.107. The molecule has 0 amide bonds. The smallest absolute Gasteiger partial charge is 0.193 e. The number of rotatable bonds is 1. The van der Waals surface area contributed by atoms with Crippen LogP contribution in [0.5, 0.6) is 0 Å². The van der Waals surface area contributed by atoms with E-state index in [1.54, 1.807) is 0 Å². The van der Waals surface area contributed by atoms with Crippen LogP contribution >= 0.6 is 0 Å². The van der Waals surface area contributed by atoms with Gasteiger partial charge in [-0.1, -0.05) is 54.1 Å². The van der Waals surface area contributed by atoms with Crippen LogP contribution in [0.3, 0.4) is 0 Å². The Hall–Kier alpha value is -1.89. The molecule has 0 heterocycles. The van der Waals surface area contributed by atoms with Gasteiger partial charge in [0.05, 0.1) is 0 Å². The molecule has 0 unspecified atom stereocenters. The molecule has 0 radical (unpaired) electrons. The van der Waals surface area contributed by atoms with Crippen molar-refractivity contribution >= 4 is 11.9 Å². The minimum atomic E-state index is 0.107. The van der Waals surface area contributed by atoms with Crippen molar-refractivity contribution < 1.29 is 4.79 Å². The van der Waals surface area contributed by atoms with Gasteiger partial charge in [-0.2, -0.15) is 0 Å². The van der Waals surface area contributed by atoms with Crippen LogP contribution in [0.4, 0.5) is 0 Å². The number of Topliss-reactive ketones (excluding diaryl/α,β-unsaturated/α-hetero) is 1. The van der Waals surface area contributed by atoms with Crippen molar-refractivity contribution in [1.82, 2.24) is 0 Å².